The SMILES string of the molecule is NC(=O)CCNC(=O)C/C(N)=N/O. The summed E-state index contributed by atoms with van der Waals surface area (Å²) in [5, 5.41) is 13.1. The number of primary amides is 1. The smallest absolute Gasteiger partial charge is 0.227 e. The summed E-state index contributed by atoms with van der Waals surface area (Å²) in [4.78, 5) is 21.1. The number of oxime groups is 1. The largest absolute Gasteiger partial charge is 0.409 e. The molecule has 7 heteroatoms. The molecule has 0 atom stereocenters. The van der Waals surface area contributed by atoms with Crippen molar-refractivity contribution in [1.82, 2.24) is 5.32 Å². The van der Waals surface area contributed by atoms with Gasteiger partial charge in [-0.15, -0.1) is 0 Å². The highest BCUT2D eigenvalue weighted by atomic mass is 16.4. The summed E-state index contributed by atoms with van der Waals surface area (Å²) in [5.74, 6) is -1.10. The number of hydrogen-bond donors (Lipinski definition) is 4. The topological polar surface area (TPSA) is 131 Å². The highest BCUT2D eigenvalue weighted by Crippen LogP contribution is 1.81. The third kappa shape index (κ3) is 6.60. The number of amides is 2. The first-order valence-corrected chi connectivity index (χ1v) is 3.57. The fourth-order valence-corrected chi connectivity index (χ4v) is 0.587. The van der Waals surface area contributed by atoms with Crippen LogP contribution in [-0.2, 0) is 9.59 Å². The molecule has 0 aromatic carbocycles. The van der Waals surface area contributed by atoms with E-state index >= 15 is 0 Å². The van der Waals surface area contributed by atoms with Crippen LogP contribution >= 0.6 is 0 Å². The van der Waals surface area contributed by atoms with Crippen molar-refractivity contribution in [3.8, 4) is 0 Å². The summed E-state index contributed by atoms with van der Waals surface area (Å²) in [6.07, 6.45) is -0.128. The van der Waals surface area contributed by atoms with Gasteiger partial charge in [0.05, 0.1) is 6.42 Å². The molecule has 0 aromatic heterocycles. The van der Waals surface area contributed by atoms with Crippen LogP contribution in [0.1, 0.15) is 12.8 Å². The Hall–Kier alpha value is -1.79. The van der Waals surface area contributed by atoms with E-state index in [1.54, 1.807) is 0 Å². The van der Waals surface area contributed by atoms with Crippen molar-refractivity contribution in [2.24, 2.45) is 16.6 Å². The molecule has 0 saturated carbocycles. The van der Waals surface area contributed by atoms with Crippen LogP contribution in [0.4, 0.5) is 0 Å². The van der Waals surface area contributed by atoms with Gasteiger partial charge in [-0.3, -0.25) is 9.59 Å². The average molecular weight is 188 g/mol. The van der Waals surface area contributed by atoms with Gasteiger partial charge in [-0.2, -0.15) is 0 Å². The summed E-state index contributed by atoms with van der Waals surface area (Å²) in [6, 6.07) is 0. The molecule has 0 aromatic rings. The lowest BCUT2D eigenvalue weighted by Gasteiger charge is -2.01. The van der Waals surface area contributed by atoms with Gasteiger partial charge >= 0.3 is 0 Å². The molecule has 0 saturated heterocycles. The van der Waals surface area contributed by atoms with Gasteiger partial charge in [0.1, 0.15) is 5.84 Å². The zero-order chi connectivity index (χ0) is 10.3. The van der Waals surface area contributed by atoms with Crippen LogP contribution in [0.25, 0.3) is 0 Å². The van der Waals surface area contributed by atoms with Crippen LogP contribution < -0.4 is 16.8 Å². The minimum Gasteiger partial charge on any atom is -0.409 e. The Bertz CT molecular complexity index is 226. The molecule has 0 rings (SSSR count). The maximum atomic E-state index is 10.9. The molecule has 7 nitrogen and oxygen atoms in total. The molecular weight excluding hydrogens is 176 g/mol. The Kier molecular flexibility index (Phi) is 5.01. The fraction of sp³-hybridized carbons (Fsp3) is 0.500. The number of nitrogens with one attached hydrogen (secondary N) is 1. The molecule has 0 fully saturated rings. The van der Waals surface area contributed by atoms with E-state index in [0.717, 1.165) is 0 Å². The van der Waals surface area contributed by atoms with Crippen LogP contribution in [0, 0.1) is 0 Å². The van der Waals surface area contributed by atoms with E-state index in [-0.39, 0.29) is 25.2 Å². The average Bonchev–Trinajstić information content (AvgIpc) is 2.03. The Morgan fingerprint density at radius 3 is 2.46 bits per heavy atom. The Morgan fingerprint density at radius 1 is 1.38 bits per heavy atom. The van der Waals surface area contributed by atoms with Crippen LogP contribution in [0.5, 0.6) is 0 Å². The molecule has 0 spiro atoms. The molecule has 74 valence electrons. The predicted molar refractivity (Wildman–Crippen MR) is 44.8 cm³/mol. The first-order chi connectivity index (χ1) is 6.06. The lowest BCUT2D eigenvalue weighted by atomic mass is 10.3. The molecule has 0 aliphatic rings. The summed E-state index contributed by atoms with van der Waals surface area (Å²) in [5.41, 5.74) is 9.88. The standard InChI is InChI=1S/C6H12N4O3/c7-4(10-13)3-6(12)9-2-1-5(8)11/h13H,1-3H2,(H2,7,10)(H2,8,11)(H,9,12). The summed E-state index contributed by atoms with van der Waals surface area (Å²) < 4.78 is 0. The van der Waals surface area contributed by atoms with Gasteiger partial charge in [-0.1, -0.05) is 5.16 Å². The van der Waals surface area contributed by atoms with Gasteiger partial charge in [0, 0.05) is 13.0 Å². The third-order valence-corrected chi connectivity index (χ3v) is 1.16. The quantitative estimate of drug-likeness (QED) is 0.174. The fourth-order valence-electron chi connectivity index (χ4n) is 0.587. The molecule has 0 unspecified atom stereocenters. The number of hydrogen-bond acceptors (Lipinski definition) is 4. The maximum absolute atomic E-state index is 10.9. The highest BCUT2D eigenvalue weighted by molar-refractivity contribution is 5.98. The molecule has 0 heterocycles. The van der Waals surface area contributed by atoms with E-state index in [9.17, 15) is 9.59 Å². The van der Waals surface area contributed by atoms with Crippen molar-refractivity contribution in [2.75, 3.05) is 6.54 Å². The first kappa shape index (κ1) is 11.2. The van der Waals surface area contributed by atoms with E-state index in [0.29, 0.717) is 0 Å². The number of nitrogens with two attached hydrogens (primary N) is 2. The molecule has 0 aliphatic heterocycles. The van der Waals surface area contributed by atoms with Crippen molar-refractivity contribution >= 4 is 17.6 Å². The second-order valence-corrected chi connectivity index (χ2v) is 2.33. The van der Waals surface area contributed by atoms with Crippen molar-refractivity contribution in [3.05, 3.63) is 0 Å². The molecule has 13 heavy (non-hydrogen) atoms. The van der Waals surface area contributed by atoms with Crippen molar-refractivity contribution < 1.29 is 14.8 Å². The molecule has 0 aliphatic carbocycles. The number of nitrogens with zero attached hydrogens (tertiary/aromatic N) is 1. The molecule has 2 amide bonds. The molecule has 0 bridgehead atoms. The van der Waals surface area contributed by atoms with Crippen molar-refractivity contribution in [3.63, 3.8) is 0 Å². The van der Waals surface area contributed by atoms with Crippen LogP contribution in [0.2, 0.25) is 0 Å². The Balaban J connectivity index is 3.58. The number of carbonyl (C=O) groups is 2. The predicted octanol–water partition coefficient (Wildman–Crippen LogP) is -1.89. The maximum Gasteiger partial charge on any atom is 0.227 e. The monoisotopic (exact) mass is 188 g/mol. The van der Waals surface area contributed by atoms with E-state index in [2.05, 4.69) is 10.5 Å². The van der Waals surface area contributed by atoms with Crippen LogP contribution in [-0.4, -0.2) is 29.4 Å². The van der Waals surface area contributed by atoms with Crippen molar-refractivity contribution in [1.29, 1.82) is 0 Å². The number of amidine groups is 1. The van der Waals surface area contributed by atoms with Gasteiger partial charge in [0.15, 0.2) is 0 Å². The van der Waals surface area contributed by atoms with Gasteiger partial charge < -0.3 is 22.0 Å². The number of rotatable bonds is 5. The molecule has 0 radical (unpaired) electrons. The first-order valence-electron chi connectivity index (χ1n) is 3.57. The second-order valence-electron chi connectivity index (χ2n) is 2.33. The van der Waals surface area contributed by atoms with Gasteiger partial charge in [0.2, 0.25) is 11.8 Å². The van der Waals surface area contributed by atoms with Crippen LogP contribution in [0.15, 0.2) is 5.16 Å². The van der Waals surface area contributed by atoms with E-state index in [1.165, 1.54) is 0 Å². The van der Waals surface area contributed by atoms with Crippen molar-refractivity contribution in [2.45, 2.75) is 12.8 Å². The third-order valence-electron chi connectivity index (χ3n) is 1.16. The zero-order valence-corrected chi connectivity index (χ0v) is 6.99. The Morgan fingerprint density at radius 2 is 2.00 bits per heavy atom. The summed E-state index contributed by atoms with van der Waals surface area (Å²) >= 11 is 0. The summed E-state index contributed by atoms with van der Waals surface area (Å²) in [7, 11) is 0. The lowest BCUT2D eigenvalue weighted by Crippen LogP contribution is -2.31. The highest BCUT2D eigenvalue weighted by Gasteiger charge is 2.04. The zero-order valence-electron chi connectivity index (χ0n) is 6.99. The van der Waals surface area contributed by atoms with E-state index in [1.807, 2.05) is 0 Å². The lowest BCUT2D eigenvalue weighted by molar-refractivity contribution is -0.120. The molecule has 6 N–H and O–H groups in total. The Labute approximate surface area is 74.8 Å². The second kappa shape index (κ2) is 5.81. The minimum atomic E-state index is -0.496. The number of carbonyl (C=O) groups excluding carboxylic acids is 2. The van der Waals surface area contributed by atoms with E-state index < -0.39 is 11.8 Å². The van der Waals surface area contributed by atoms with Gasteiger partial charge in [-0.05, 0) is 0 Å². The molecular formula is C6H12N4O3. The minimum absolute atomic E-state index is 0.0713. The van der Waals surface area contributed by atoms with Crippen LogP contribution in [0.3, 0.4) is 0 Å². The van der Waals surface area contributed by atoms with E-state index in [4.69, 9.17) is 16.7 Å². The van der Waals surface area contributed by atoms with Gasteiger partial charge in [0.25, 0.3) is 0 Å². The van der Waals surface area contributed by atoms with Gasteiger partial charge in [-0.25, -0.2) is 0 Å². The normalized spacial score (nSPS) is 10.9. The summed E-state index contributed by atoms with van der Waals surface area (Å²) in [6.45, 7) is 0.160.